The molecule has 4 heteroatoms. The summed E-state index contributed by atoms with van der Waals surface area (Å²) in [4.78, 5) is 10.9. The lowest BCUT2D eigenvalue weighted by Crippen LogP contribution is -2.43. The van der Waals surface area contributed by atoms with Crippen molar-refractivity contribution in [3.63, 3.8) is 0 Å². The van der Waals surface area contributed by atoms with Gasteiger partial charge in [-0.2, -0.15) is 0 Å². The van der Waals surface area contributed by atoms with Crippen LogP contribution >= 0.6 is 0 Å². The van der Waals surface area contributed by atoms with Crippen LogP contribution in [0.1, 0.15) is 33.6 Å². The van der Waals surface area contributed by atoms with Gasteiger partial charge in [0.2, 0.25) is 0 Å². The Morgan fingerprint density at radius 3 is 2.88 bits per heavy atom. The Kier molecular flexibility index (Phi) is 3.69. The molecule has 0 amide bonds. The van der Waals surface area contributed by atoms with E-state index >= 15 is 0 Å². The number of rotatable bonds is 5. The number of nitrogens with zero attached hydrogens (tertiary/aromatic N) is 3. The molecule has 96 valence electrons. The molecule has 0 saturated heterocycles. The van der Waals surface area contributed by atoms with Gasteiger partial charge in [-0.3, -0.25) is 9.98 Å². The van der Waals surface area contributed by atoms with Crippen LogP contribution in [0.3, 0.4) is 0 Å². The van der Waals surface area contributed by atoms with Gasteiger partial charge in [0.05, 0.1) is 25.8 Å². The molecule has 0 fully saturated rings. The van der Waals surface area contributed by atoms with E-state index in [-0.39, 0.29) is 5.54 Å². The van der Waals surface area contributed by atoms with E-state index in [0.717, 1.165) is 19.6 Å². The monoisotopic (exact) mass is 236 g/mol. The van der Waals surface area contributed by atoms with Crippen LogP contribution < -0.4 is 5.32 Å². The molecule has 0 aromatic carbocycles. The first-order valence-corrected chi connectivity index (χ1v) is 6.59. The maximum absolute atomic E-state index is 4.31. The third kappa shape index (κ3) is 3.20. The zero-order valence-electron chi connectivity index (χ0n) is 11.2. The van der Waals surface area contributed by atoms with E-state index in [9.17, 15) is 0 Å². The summed E-state index contributed by atoms with van der Waals surface area (Å²) in [6.07, 6.45) is 6.27. The van der Waals surface area contributed by atoms with Crippen molar-refractivity contribution in [2.75, 3.05) is 19.6 Å². The van der Waals surface area contributed by atoms with E-state index < -0.39 is 0 Å². The Balaban J connectivity index is 1.79. The van der Waals surface area contributed by atoms with E-state index in [4.69, 9.17) is 0 Å². The van der Waals surface area contributed by atoms with Gasteiger partial charge >= 0.3 is 0 Å². The molecular weight excluding hydrogens is 212 g/mol. The van der Waals surface area contributed by atoms with Crippen molar-refractivity contribution in [3.05, 3.63) is 0 Å². The summed E-state index contributed by atoms with van der Waals surface area (Å²) in [7, 11) is 0. The lowest BCUT2D eigenvalue weighted by Gasteiger charge is -2.37. The Labute approximate surface area is 104 Å². The predicted molar refractivity (Wildman–Crippen MR) is 72.8 cm³/mol. The molecule has 0 aromatic heterocycles. The van der Waals surface area contributed by atoms with Gasteiger partial charge in [0, 0.05) is 18.1 Å². The van der Waals surface area contributed by atoms with E-state index in [1.54, 1.807) is 0 Å². The van der Waals surface area contributed by atoms with Crippen molar-refractivity contribution in [2.24, 2.45) is 15.9 Å². The number of aliphatic imine (C=N–C) groups is 2. The van der Waals surface area contributed by atoms with Crippen LogP contribution in [-0.4, -0.2) is 48.8 Å². The highest BCUT2D eigenvalue weighted by Gasteiger charge is 2.29. The second kappa shape index (κ2) is 5.07. The predicted octanol–water partition coefficient (Wildman–Crippen LogP) is 1.53. The van der Waals surface area contributed by atoms with Gasteiger partial charge in [0.1, 0.15) is 0 Å². The maximum Gasteiger partial charge on any atom is 0.0855 e. The van der Waals surface area contributed by atoms with E-state index in [1.807, 2.05) is 12.7 Å². The summed E-state index contributed by atoms with van der Waals surface area (Å²) < 4.78 is 0. The molecule has 4 nitrogen and oxygen atoms in total. The molecule has 0 saturated carbocycles. The van der Waals surface area contributed by atoms with Crippen LogP contribution in [0.25, 0.3) is 0 Å². The van der Waals surface area contributed by atoms with E-state index in [1.165, 1.54) is 12.8 Å². The van der Waals surface area contributed by atoms with Gasteiger partial charge in [-0.05, 0) is 32.6 Å². The van der Waals surface area contributed by atoms with Crippen LogP contribution in [0.4, 0.5) is 0 Å². The lowest BCUT2D eigenvalue weighted by atomic mass is 9.87. The zero-order valence-corrected chi connectivity index (χ0v) is 11.2. The topological polar surface area (TPSA) is 40.0 Å². The molecule has 0 spiro atoms. The second-order valence-corrected chi connectivity index (χ2v) is 5.93. The first-order valence-electron chi connectivity index (χ1n) is 6.59. The highest BCUT2D eigenvalue weighted by Crippen LogP contribution is 2.26. The minimum atomic E-state index is 0.221. The largest absolute Gasteiger partial charge is 0.372 e. The van der Waals surface area contributed by atoms with Crippen LogP contribution in [0.5, 0.6) is 0 Å². The molecule has 1 N–H and O–H groups in total. The van der Waals surface area contributed by atoms with Gasteiger partial charge in [0.15, 0.2) is 0 Å². The van der Waals surface area contributed by atoms with Crippen molar-refractivity contribution < 1.29 is 0 Å². The fraction of sp³-hybridized carbons (Fsp3) is 0.846. The summed E-state index contributed by atoms with van der Waals surface area (Å²) in [5.74, 6) is 0.707. The molecule has 17 heavy (non-hydrogen) atoms. The molecule has 0 aromatic rings. The van der Waals surface area contributed by atoms with Gasteiger partial charge in [-0.1, -0.05) is 6.92 Å². The minimum absolute atomic E-state index is 0.221. The third-order valence-corrected chi connectivity index (χ3v) is 3.73. The third-order valence-electron chi connectivity index (χ3n) is 3.73. The molecule has 0 radical (unpaired) electrons. The van der Waals surface area contributed by atoms with Gasteiger partial charge in [-0.15, -0.1) is 0 Å². The molecule has 2 heterocycles. The molecule has 0 bridgehead atoms. The molecule has 2 aliphatic heterocycles. The van der Waals surface area contributed by atoms with E-state index in [2.05, 4.69) is 41.0 Å². The first-order chi connectivity index (χ1) is 8.08. The van der Waals surface area contributed by atoms with Crippen molar-refractivity contribution in [1.82, 2.24) is 10.2 Å². The minimum Gasteiger partial charge on any atom is -0.372 e. The molecule has 2 aliphatic rings. The Morgan fingerprint density at radius 1 is 1.47 bits per heavy atom. The summed E-state index contributed by atoms with van der Waals surface area (Å²) in [5.41, 5.74) is 0.221. The summed E-state index contributed by atoms with van der Waals surface area (Å²) in [6.45, 7) is 9.95. The van der Waals surface area contributed by atoms with Crippen molar-refractivity contribution in [3.8, 4) is 0 Å². The number of hydrogen-bond donors (Lipinski definition) is 1. The van der Waals surface area contributed by atoms with Gasteiger partial charge in [-0.25, -0.2) is 0 Å². The lowest BCUT2D eigenvalue weighted by molar-refractivity contribution is 0.187. The molecule has 2 atom stereocenters. The Hall–Kier alpha value is -1.06. The summed E-state index contributed by atoms with van der Waals surface area (Å²) in [5, 5.41) is 3.31. The fourth-order valence-electron chi connectivity index (χ4n) is 2.91. The van der Waals surface area contributed by atoms with Crippen LogP contribution in [0.2, 0.25) is 0 Å². The smallest absolute Gasteiger partial charge is 0.0855 e. The standard InChI is InChI=1S/C13H24N4/c1-11(6-12-8-15-9-16-12)7-13(2,3)17-5-4-14-10-17/h9-12H,4-8H2,1-3H3,(H,15,16). The van der Waals surface area contributed by atoms with Gasteiger partial charge in [0.25, 0.3) is 0 Å². The average molecular weight is 236 g/mol. The second-order valence-electron chi connectivity index (χ2n) is 5.93. The molecule has 2 unspecified atom stereocenters. The van der Waals surface area contributed by atoms with E-state index in [0.29, 0.717) is 12.0 Å². The normalized spacial score (nSPS) is 25.4. The number of hydrogen-bond acceptors (Lipinski definition) is 4. The van der Waals surface area contributed by atoms with Crippen molar-refractivity contribution >= 4 is 12.7 Å². The zero-order chi connectivity index (χ0) is 12.3. The summed E-state index contributed by atoms with van der Waals surface area (Å²) >= 11 is 0. The molecule has 0 aliphatic carbocycles. The fourth-order valence-corrected chi connectivity index (χ4v) is 2.91. The maximum atomic E-state index is 4.31. The Morgan fingerprint density at radius 2 is 2.29 bits per heavy atom. The summed E-state index contributed by atoms with van der Waals surface area (Å²) in [6, 6.07) is 0.549. The molecular formula is C13H24N4. The Bertz CT molecular complexity index is 301. The number of nitrogens with one attached hydrogen (secondary N) is 1. The van der Waals surface area contributed by atoms with Crippen LogP contribution in [0.15, 0.2) is 9.98 Å². The quantitative estimate of drug-likeness (QED) is 0.786. The van der Waals surface area contributed by atoms with Crippen LogP contribution in [-0.2, 0) is 0 Å². The SMILES string of the molecule is CC(CC1CN=CN1)CC(C)(C)N1C=NCC1. The highest BCUT2D eigenvalue weighted by atomic mass is 15.2. The highest BCUT2D eigenvalue weighted by molar-refractivity contribution is 5.58. The van der Waals surface area contributed by atoms with Crippen molar-refractivity contribution in [2.45, 2.75) is 45.2 Å². The average Bonchev–Trinajstić information content (AvgIpc) is 2.87. The van der Waals surface area contributed by atoms with Crippen molar-refractivity contribution in [1.29, 1.82) is 0 Å². The van der Waals surface area contributed by atoms with Crippen LogP contribution in [0, 0.1) is 5.92 Å². The first kappa shape index (κ1) is 12.4. The molecule has 2 rings (SSSR count). The van der Waals surface area contributed by atoms with Gasteiger partial charge < -0.3 is 10.2 Å².